The van der Waals surface area contributed by atoms with E-state index >= 15 is 0 Å². The summed E-state index contributed by atoms with van der Waals surface area (Å²) in [5, 5.41) is 8.77. The van der Waals surface area contributed by atoms with E-state index < -0.39 is 17.6 Å². The highest BCUT2D eigenvalue weighted by Gasteiger charge is 2.12. The number of rotatable bonds is 1. The van der Waals surface area contributed by atoms with Crippen LogP contribution in [0.25, 0.3) is 11.0 Å². The molecule has 0 atom stereocenters. The van der Waals surface area contributed by atoms with Crippen molar-refractivity contribution in [1.82, 2.24) is 0 Å². The van der Waals surface area contributed by atoms with Crippen molar-refractivity contribution in [2.45, 2.75) is 0 Å². The third kappa shape index (κ3) is 1.22. The predicted octanol–water partition coefficient (Wildman–Crippen LogP) is 2.41. The second kappa shape index (κ2) is 2.80. The molecule has 0 fully saturated rings. The first-order chi connectivity index (χ1) is 6.58. The van der Waals surface area contributed by atoms with Gasteiger partial charge in [0.05, 0.1) is 0 Å². The van der Waals surface area contributed by atoms with Crippen LogP contribution in [0.4, 0.5) is 8.78 Å². The largest absolute Gasteiger partial charge is 0.475 e. The number of carboxylic acid groups (broad SMARTS) is 1. The number of carbonyl (C=O) groups is 1. The van der Waals surface area contributed by atoms with Crippen LogP contribution in [0.15, 0.2) is 22.6 Å². The summed E-state index contributed by atoms with van der Waals surface area (Å²) in [5.41, 5.74) is 0.0151. The Labute approximate surface area is 76.6 Å². The Morgan fingerprint density at radius 2 is 1.86 bits per heavy atom. The molecule has 0 aliphatic carbocycles. The Balaban J connectivity index is 2.72. The summed E-state index contributed by atoms with van der Waals surface area (Å²) in [6, 6.07) is 2.85. The van der Waals surface area contributed by atoms with Crippen molar-refractivity contribution in [3.05, 3.63) is 35.6 Å². The Morgan fingerprint density at radius 1 is 1.21 bits per heavy atom. The molecular formula is C9H4F2O3. The normalized spacial score (nSPS) is 10.7. The van der Waals surface area contributed by atoms with Crippen molar-refractivity contribution >= 4 is 16.9 Å². The average molecular weight is 198 g/mol. The van der Waals surface area contributed by atoms with Crippen molar-refractivity contribution in [2.24, 2.45) is 0 Å². The number of benzene rings is 1. The summed E-state index contributed by atoms with van der Waals surface area (Å²) in [4.78, 5) is 10.5. The van der Waals surface area contributed by atoms with Gasteiger partial charge in [-0.15, -0.1) is 0 Å². The van der Waals surface area contributed by atoms with Crippen LogP contribution < -0.4 is 0 Å². The van der Waals surface area contributed by atoms with Crippen LogP contribution in [0, 0.1) is 11.6 Å². The van der Waals surface area contributed by atoms with E-state index in [0.717, 1.165) is 18.2 Å². The Bertz CT molecular complexity index is 477. The molecule has 1 aromatic heterocycles. The number of furan rings is 1. The van der Waals surface area contributed by atoms with E-state index in [4.69, 9.17) is 9.52 Å². The topological polar surface area (TPSA) is 50.4 Å². The van der Waals surface area contributed by atoms with Crippen LogP contribution in [0.2, 0.25) is 0 Å². The van der Waals surface area contributed by atoms with Gasteiger partial charge in [0.2, 0.25) is 5.76 Å². The Hall–Kier alpha value is -1.91. The number of fused-ring (bicyclic) bond motifs is 1. The summed E-state index contributed by atoms with van der Waals surface area (Å²) in [6.07, 6.45) is 0. The lowest BCUT2D eigenvalue weighted by Gasteiger charge is -1.90. The molecule has 0 aliphatic rings. The molecule has 0 amide bonds. The van der Waals surface area contributed by atoms with Crippen molar-refractivity contribution in [2.75, 3.05) is 0 Å². The molecule has 0 saturated carbocycles. The maximum Gasteiger partial charge on any atom is 0.371 e. The van der Waals surface area contributed by atoms with Gasteiger partial charge < -0.3 is 9.52 Å². The highest BCUT2D eigenvalue weighted by atomic mass is 19.2. The van der Waals surface area contributed by atoms with Crippen LogP contribution >= 0.6 is 0 Å². The zero-order valence-corrected chi connectivity index (χ0v) is 6.75. The van der Waals surface area contributed by atoms with E-state index in [1.807, 2.05) is 0 Å². The summed E-state index contributed by atoms with van der Waals surface area (Å²) >= 11 is 0. The molecule has 0 spiro atoms. The van der Waals surface area contributed by atoms with E-state index in [0.29, 0.717) is 0 Å². The monoisotopic (exact) mass is 198 g/mol. The molecule has 0 bridgehead atoms. The molecule has 1 aromatic carbocycles. The molecule has 0 unspecified atom stereocenters. The minimum absolute atomic E-state index is 0.0151. The smallest absolute Gasteiger partial charge is 0.371 e. The van der Waals surface area contributed by atoms with Crippen molar-refractivity contribution in [3.8, 4) is 0 Å². The Kier molecular flexibility index (Phi) is 1.73. The second-order valence-corrected chi connectivity index (χ2v) is 2.72. The van der Waals surface area contributed by atoms with Gasteiger partial charge in [0.25, 0.3) is 0 Å². The number of carboxylic acids is 1. The lowest BCUT2D eigenvalue weighted by atomic mass is 10.2. The standard InChI is InChI=1S/C9H4F2O3/c10-5-1-4-2-8(9(12)13)14-7(4)3-6(5)11/h1-3H,(H,12,13). The van der Waals surface area contributed by atoms with Gasteiger partial charge in [-0.05, 0) is 12.1 Å². The van der Waals surface area contributed by atoms with E-state index in [1.54, 1.807) is 0 Å². The Morgan fingerprint density at radius 3 is 2.50 bits per heavy atom. The van der Waals surface area contributed by atoms with Crippen LogP contribution in [0.5, 0.6) is 0 Å². The highest BCUT2D eigenvalue weighted by Crippen LogP contribution is 2.22. The molecule has 14 heavy (non-hydrogen) atoms. The third-order valence-electron chi connectivity index (χ3n) is 1.77. The van der Waals surface area contributed by atoms with Crippen molar-refractivity contribution in [3.63, 3.8) is 0 Å². The quantitative estimate of drug-likeness (QED) is 0.765. The molecule has 0 aliphatic heterocycles. The number of aromatic carboxylic acids is 1. The molecule has 0 saturated heterocycles. The molecule has 0 radical (unpaired) electrons. The molecule has 3 nitrogen and oxygen atoms in total. The first-order valence-corrected chi connectivity index (χ1v) is 3.70. The fourth-order valence-corrected chi connectivity index (χ4v) is 1.14. The molecule has 72 valence electrons. The highest BCUT2D eigenvalue weighted by molar-refractivity contribution is 5.91. The van der Waals surface area contributed by atoms with E-state index in [9.17, 15) is 13.6 Å². The van der Waals surface area contributed by atoms with Gasteiger partial charge in [0.1, 0.15) is 5.58 Å². The zero-order valence-electron chi connectivity index (χ0n) is 6.75. The number of halogens is 2. The fraction of sp³-hybridized carbons (Fsp3) is 0. The molecule has 2 aromatic rings. The first kappa shape index (κ1) is 8.68. The fourth-order valence-electron chi connectivity index (χ4n) is 1.14. The minimum Gasteiger partial charge on any atom is -0.475 e. The van der Waals surface area contributed by atoms with Gasteiger partial charge in [-0.1, -0.05) is 0 Å². The van der Waals surface area contributed by atoms with Gasteiger partial charge in [-0.25, -0.2) is 13.6 Å². The van der Waals surface area contributed by atoms with Crippen molar-refractivity contribution < 1.29 is 23.1 Å². The van der Waals surface area contributed by atoms with Crippen LogP contribution in [0.1, 0.15) is 10.6 Å². The maximum absolute atomic E-state index is 12.7. The third-order valence-corrected chi connectivity index (χ3v) is 1.77. The maximum atomic E-state index is 12.7. The summed E-state index contributed by atoms with van der Waals surface area (Å²) in [6.45, 7) is 0. The first-order valence-electron chi connectivity index (χ1n) is 3.70. The molecule has 2 rings (SSSR count). The van der Waals surface area contributed by atoms with E-state index in [-0.39, 0.29) is 16.7 Å². The van der Waals surface area contributed by atoms with E-state index in [1.165, 1.54) is 0 Å². The molecule has 1 heterocycles. The molecule has 1 N–H and O–H groups in total. The summed E-state index contributed by atoms with van der Waals surface area (Å²) in [5.74, 6) is -3.72. The van der Waals surface area contributed by atoms with Crippen LogP contribution in [-0.4, -0.2) is 11.1 Å². The van der Waals surface area contributed by atoms with Gasteiger partial charge in [0.15, 0.2) is 11.6 Å². The summed E-state index contributed by atoms with van der Waals surface area (Å²) in [7, 11) is 0. The zero-order chi connectivity index (χ0) is 10.3. The average Bonchev–Trinajstić information content (AvgIpc) is 2.48. The second-order valence-electron chi connectivity index (χ2n) is 2.72. The van der Waals surface area contributed by atoms with Gasteiger partial charge in [0, 0.05) is 11.5 Å². The van der Waals surface area contributed by atoms with Gasteiger partial charge >= 0.3 is 5.97 Å². The van der Waals surface area contributed by atoms with Gasteiger partial charge in [-0.2, -0.15) is 0 Å². The van der Waals surface area contributed by atoms with Crippen LogP contribution in [0.3, 0.4) is 0 Å². The minimum atomic E-state index is -1.28. The van der Waals surface area contributed by atoms with Crippen molar-refractivity contribution in [1.29, 1.82) is 0 Å². The number of hydrogen-bond donors (Lipinski definition) is 1. The SMILES string of the molecule is O=C(O)c1cc2cc(F)c(F)cc2o1. The van der Waals surface area contributed by atoms with Gasteiger partial charge in [-0.3, -0.25) is 0 Å². The molecule has 5 heteroatoms. The lowest BCUT2D eigenvalue weighted by molar-refractivity contribution is 0.0665. The predicted molar refractivity (Wildman–Crippen MR) is 43.1 cm³/mol. The summed E-state index contributed by atoms with van der Waals surface area (Å²) < 4.78 is 30.1. The van der Waals surface area contributed by atoms with E-state index in [2.05, 4.69) is 0 Å². The van der Waals surface area contributed by atoms with Crippen LogP contribution in [-0.2, 0) is 0 Å². The molecular weight excluding hydrogens is 194 g/mol. The lowest BCUT2D eigenvalue weighted by Crippen LogP contribution is -1.91. The number of hydrogen-bond acceptors (Lipinski definition) is 2.